The Bertz CT molecular complexity index is 1170. The Labute approximate surface area is 231 Å². The summed E-state index contributed by atoms with van der Waals surface area (Å²) in [6, 6.07) is 11.6. The minimum Gasteiger partial charge on any atom is -0.352 e. The van der Waals surface area contributed by atoms with E-state index in [2.05, 4.69) is 5.32 Å². The first-order valence-electron chi connectivity index (χ1n) is 12.5. The summed E-state index contributed by atoms with van der Waals surface area (Å²) in [5.74, 6) is -0.427. The van der Waals surface area contributed by atoms with Crippen LogP contribution in [0.15, 0.2) is 42.5 Å². The number of nitrogens with one attached hydrogen (secondary N) is 1. The quantitative estimate of drug-likeness (QED) is 0.341. The molecule has 204 valence electrons. The second-order valence-corrected chi connectivity index (χ2v) is 12.0. The highest BCUT2D eigenvalue weighted by molar-refractivity contribution is 7.92. The fourth-order valence-corrected chi connectivity index (χ4v) is 5.29. The molecule has 0 bridgehead atoms. The van der Waals surface area contributed by atoms with Gasteiger partial charge in [-0.15, -0.1) is 0 Å². The highest BCUT2D eigenvalue weighted by atomic mass is 35.5. The molecule has 2 rings (SSSR count). The van der Waals surface area contributed by atoms with Crippen LogP contribution in [0.1, 0.15) is 57.6 Å². The highest BCUT2D eigenvalue weighted by Gasteiger charge is 2.29. The molecule has 0 aliphatic carbocycles. The molecule has 0 aliphatic rings. The molecule has 0 spiro atoms. The van der Waals surface area contributed by atoms with E-state index in [1.54, 1.807) is 35.2 Å². The third-order valence-corrected chi connectivity index (χ3v) is 7.91. The molecule has 0 aromatic heterocycles. The molecule has 0 aliphatic heterocycles. The molecular formula is C27H37Cl2N3O4S. The van der Waals surface area contributed by atoms with E-state index < -0.39 is 16.1 Å². The van der Waals surface area contributed by atoms with Gasteiger partial charge in [-0.25, -0.2) is 8.42 Å². The molecule has 2 amide bonds. The topological polar surface area (TPSA) is 86.8 Å². The number of hydrogen-bond acceptors (Lipinski definition) is 4. The molecular weight excluding hydrogens is 533 g/mol. The van der Waals surface area contributed by atoms with Crippen LogP contribution >= 0.6 is 23.2 Å². The molecule has 0 saturated carbocycles. The monoisotopic (exact) mass is 569 g/mol. The Morgan fingerprint density at radius 1 is 1.00 bits per heavy atom. The van der Waals surface area contributed by atoms with E-state index >= 15 is 0 Å². The molecule has 1 N–H and O–H groups in total. The first-order valence-corrected chi connectivity index (χ1v) is 15.1. The first kappa shape index (κ1) is 30.9. The summed E-state index contributed by atoms with van der Waals surface area (Å²) < 4.78 is 26.4. The highest BCUT2D eigenvalue weighted by Crippen LogP contribution is 2.27. The molecule has 10 heteroatoms. The number of anilines is 1. The van der Waals surface area contributed by atoms with Gasteiger partial charge in [-0.2, -0.15) is 0 Å². The van der Waals surface area contributed by atoms with E-state index in [1.165, 1.54) is 4.31 Å². The van der Waals surface area contributed by atoms with Crippen molar-refractivity contribution in [1.29, 1.82) is 0 Å². The number of carbonyl (C=O) groups excluding carboxylic acids is 2. The first-order chi connectivity index (χ1) is 17.4. The molecule has 0 radical (unpaired) electrons. The maximum absolute atomic E-state index is 13.5. The van der Waals surface area contributed by atoms with Crippen LogP contribution in [0.4, 0.5) is 5.69 Å². The number of amides is 2. The van der Waals surface area contributed by atoms with E-state index in [4.69, 9.17) is 23.2 Å². The third kappa shape index (κ3) is 9.20. The van der Waals surface area contributed by atoms with E-state index in [1.807, 2.05) is 39.8 Å². The van der Waals surface area contributed by atoms with E-state index in [0.717, 1.165) is 23.8 Å². The molecule has 0 saturated heterocycles. The van der Waals surface area contributed by atoms with E-state index in [9.17, 15) is 18.0 Å². The number of halogens is 2. The number of aryl methyl sites for hydroxylation is 1. The van der Waals surface area contributed by atoms with Gasteiger partial charge in [-0.3, -0.25) is 13.9 Å². The second kappa shape index (κ2) is 14.0. The molecule has 0 unspecified atom stereocenters. The zero-order chi connectivity index (χ0) is 27.8. The van der Waals surface area contributed by atoms with Gasteiger partial charge in [0.25, 0.3) is 0 Å². The summed E-state index contributed by atoms with van der Waals surface area (Å²) in [5, 5.41) is 4.00. The Balaban J connectivity index is 2.25. The molecule has 2 aromatic carbocycles. The van der Waals surface area contributed by atoms with E-state index in [0.29, 0.717) is 22.2 Å². The van der Waals surface area contributed by atoms with Gasteiger partial charge >= 0.3 is 0 Å². The van der Waals surface area contributed by atoms with Gasteiger partial charge < -0.3 is 10.2 Å². The minimum absolute atomic E-state index is 0.0155. The Kier molecular flexibility index (Phi) is 11.7. The van der Waals surface area contributed by atoms with Crippen LogP contribution < -0.4 is 9.62 Å². The number of sulfonamides is 1. The average Bonchev–Trinajstić information content (AvgIpc) is 2.83. The third-order valence-electron chi connectivity index (χ3n) is 6.25. The van der Waals surface area contributed by atoms with Gasteiger partial charge in [0.2, 0.25) is 21.8 Å². The summed E-state index contributed by atoms with van der Waals surface area (Å²) in [6.45, 7) is 7.94. The van der Waals surface area contributed by atoms with Crippen LogP contribution in [0.2, 0.25) is 10.0 Å². The molecule has 2 aromatic rings. The van der Waals surface area contributed by atoms with Gasteiger partial charge in [0.05, 0.1) is 11.9 Å². The van der Waals surface area contributed by atoms with Gasteiger partial charge in [0.1, 0.15) is 6.04 Å². The molecule has 37 heavy (non-hydrogen) atoms. The summed E-state index contributed by atoms with van der Waals surface area (Å²) in [6.07, 6.45) is 2.70. The number of rotatable bonds is 13. The predicted molar refractivity (Wildman–Crippen MR) is 152 cm³/mol. The number of hydrogen-bond donors (Lipinski definition) is 1. The lowest BCUT2D eigenvalue weighted by Gasteiger charge is -2.32. The van der Waals surface area contributed by atoms with Gasteiger partial charge in [0.15, 0.2) is 0 Å². The Hall–Kier alpha value is -2.29. The minimum atomic E-state index is -3.61. The Morgan fingerprint density at radius 3 is 2.19 bits per heavy atom. The fraction of sp³-hybridized carbons (Fsp3) is 0.481. The average molecular weight is 571 g/mol. The van der Waals surface area contributed by atoms with Crippen molar-refractivity contribution in [3.63, 3.8) is 0 Å². The van der Waals surface area contributed by atoms with Crippen molar-refractivity contribution in [3.8, 4) is 0 Å². The largest absolute Gasteiger partial charge is 0.352 e. The van der Waals surface area contributed by atoms with Crippen LogP contribution in [-0.4, -0.2) is 50.0 Å². The lowest BCUT2D eigenvalue weighted by Crippen LogP contribution is -2.50. The fourth-order valence-electron chi connectivity index (χ4n) is 3.98. The molecule has 0 fully saturated rings. The van der Waals surface area contributed by atoms with Crippen molar-refractivity contribution in [1.82, 2.24) is 10.2 Å². The smallest absolute Gasteiger partial charge is 0.243 e. The zero-order valence-electron chi connectivity index (χ0n) is 22.1. The molecule has 0 heterocycles. The van der Waals surface area contributed by atoms with Gasteiger partial charge in [-0.1, -0.05) is 55.2 Å². The van der Waals surface area contributed by atoms with Gasteiger partial charge in [0, 0.05) is 35.6 Å². The summed E-state index contributed by atoms with van der Waals surface area (Å²) >= 11 is 12.1. The van der Waals surface area contributed by atoms with Gasteiger partial charge in [-0.05, 0) is 68.5 Å². The van der Waals surface area contributed by atoms with Crippen molar-refractivity contribution >= 4 is 50.7 Å². The van der Waals surface area contributed by atoms with E-state index in [-0.39, 0.29) is 43.8 Å². The zero-order valence-corrected chi connectivity index (χ0v) is 24.5. The molecule has 7 nitrogen and oxygen atoms in total. The van der Waals surface area contributed by atoms with Crippen LogP contribution in [0.3, 0.4) is 0 Å². The summed E-state index contributed by atoms with van der Waals surface area (Å²) in [5.41, 5.74) is 2.10. The Morgan fingerprint density at radius 2 is 1.62 bits per heavy atom. The number of carbonyl (C=O) groups is 2. The van der Waals surface area contributed by atoms with Crippen LogP contribution in [-0.2, 0) is 26.2 Å². The van der Waals surface area contributed by atoms with Crippen molar-refractivity contribution in [2.75, 3.05) is 17.1 Å². The SMILES string of the molecule is CC[C@@H](C)NC(=O)[C@H](CC)N(Cc1ccc(Cl)cc1)C(=O)CCCN(c1cc(Cl)ccc1C)S(C)(=O)=O. The van der Waals surface area contributed by atoms with Crippen molar-refractivity contribution in [2.24, 2.45) is 0 Å². The predicted octanol–water partition coefficient (Wildman–Crippen LogP) is 5.57. The lowest BCUT2D eigenvalue weighted by molar-refractivity contribution is -0.141. The summed E-state index contributed by atoms with van der Waals surface area (Å²) in [4.78, 5) is 28.1. The van der Waals surface area contributed by atoms with Crippen LogP contribution in [0.25, 0.3) is 0 Å². The number of benzene rings is 2. The lowest BCUT2D eigenvalue weighted by atomic mass is 10.1. The maximum atomic E-state index is 13.5. The number of nitrogens with zero attached hydrogens (tertiary/aromatic N) is 2. The summed E-state index contributed by atoms with van der Waals surface area (Å²) in [7, 11) is -3.61. The molecule has 2 atom stereocenters. The van der Waals surface area contributed by atoms with Crippen LogP contribution in [0.5, 0.6) is 0 Å². The van der Waals surface area contributed by atoms with Crippen molar-refractivity contribution in [3.05, 3.63) is 63.6 Å². The van der Waals surface area contributed by atoms with Crippen molar-refractivity contribution < 1.29 is 18.0 Å². The standard InChI is InChI=1S/C27H37Cl2N3O4S/c1-6-20(4)30-27(34)24(7-2)31(18-21-11-14-22(28)15-12-21)26(33)9-8-16-32(37(5,35)36)25-17-23(29)13-10-19(25)3/h10-15,17,20,24H,6-9,16,18H2,1-5H3,(H,30,34)/t20-,24+/m1/s1. The second-order valence-electron chi connectivity index (χ2n) is 9.26. The maximum Gasteiger partial charge on any atom is 0.243 e. The normalized spacial score (nSPS) is 13.1. The van der Waals surface area contributed by atoms with Crippen molar-refractivity contribution in [2.45, 2.75) is 72.0 Å². The van der Waals surface area contributed by atoms with Crippen LogP contribution in [0, 0.1) is 6.92 Å².